The minimum Gasteiger partial charge on any atom is -0.486 e. The summed E-state index contributed by atoms with van der Waals surface area (Å²) in [6, 6.07) is 6.40. The van der Waals surface area contributed by atoms with Crippen molar-refractivity contribution in [1.82, 2.24) is 0 Å². The third kappa shape index (κ3) is 4.05. The second-order valence-corrected chi connectivity index (χ2v) is 6.47. The molecule has 2 aromatic carbocycles. The van der Waals surface area contributed by atoms with Crippen LogP contribution >= 0.6 is 11.6 Å². The number of hydrogen-bond donors (Lipinski definition) is 1. The van der Waals surface area contributed by atoms with Crippen LogP contribution in [0.2, 0.25) is 5.02 Å². The lowest BCUT2D eigenvalue weighted by Gasteiger charge is -2.21. The first-order valence-electron chi connectivity index (χ1n) is 7.96. The number of fused-ring (bicyclic) bond motifs is 1. The maximum absolute atomic E-state index is 13.4. The Labute approximate surface area is 158 Å². The molecule has 0 aromatic heterocycles. The number of carbonyl (C=O) groups is 1. The van der Waals surface area contributed by atoms with E-state index in [-0.39, 0.29) is 22.0 Å². The van der Waals surface area contributed by atoms with Gasteiger partial charge in [-0.15, -0.1) is 0 Å². The van der Waals surface area contributed by atoms with Gasteiger partial charge < -0.3 is 19.7 Å². The van der Waals surface area contributed by atoms with Gasteiger partial charge in [-0.1, -0.05) is 11.6 Å². The van der Waals surface area contributed by atoms with Gasteiger partial charge in [-0.2, -0.15) is 13.2 Å². The van der Waals surface area contributed by atoms with Crippen molar-refractivity contribution in [3.63, 3.8) is 0 Å². The number of alkyl halides is 3. The van der Waals surface area contributed by atoms with Crippen LogP contribution in [-0.2, 0) is 6.18 Å². The van der Waals surface area contributed by atoms with E-state index in [0.29, 0.717) is 24.7 Å². The van der Waals surface area contributed by atoms with Crippen LogP contribution in [0.1, 0.15) is 15.9 Å². The van der Waals surface area contributed by atoms with Gasteiger partial charge in [0, 0.05) is 25.3 Å². The lowest BCUT2D eigenvalue weighted by Crippen LogP contribution is -2.19. The summed E-state index contributed by atoms with van der Waals surface area (Å²) < 4.78 is 51.0. The molecular formula is C18H16ClF3N2O3. The van der Waals surface area contributed by atoms with E-state index < -0.39 is 17.6 Å². The fourth-order valence-corrected chi connectivity index (χ4v) is 2.86. The van der Waals surface area contributed by atoms with Crippen molar-refractivity contribution in [3.8, 4) is 11.5 Å². The second kappa shape index (κ2) is 7.19. The first kappa shape index (κ1) is 19.2. The molecule has 1 aliphatic heterocycles. The Balaban J connectivity index is 1.93. The maximum Gasteiger partial charge on any atom is 0.418 e. The highest BCUT2D eigenvalue weighted by Crippen LogP contribution is 2.40. The van der Waals surface area contributed by atoms with Gasteiger partial charge in [-0.05, 0) is 30.3 Å². The van der Waals surface area contributed by atoms with Gasteiger partial charge in [0.2, 0.25) is 0 Å². The Morgan fingerprint density at radius 2 is 1.85 bits per heavy atom. The van der Waals surface area contributed by atoms with E-state index in [1.165, 1.54) is 24.3 Å². The average Bonchev–Trinajstić information content (AvgIpc) is 2.60. The molecule has 5 nitrogen and oxygen atoms in total. The van der Waals surface area contributed by atoms with Gasteiger partial charge in [0.15, 0.2) is 11.5 Å². The van der Waals surface area contributed by atoms with Crippen molar-refractivity contribution in [3.05, 3.63) is 46.5 Å². The molecule has 1 amide bonds. The summed E-state index contributed by atoms with van der Waals surface area (Å²) in [4.78, 5) is 14.0. The molecule has 9 heteroatoms. The van der Waals surface area contributed by atoms with Crippen LogP contribution in [0.3, 0.4) is 0 Å². The van der Waals surface area contributed by atoms with Crippen molar-refractivity contribution in [1.29, 1.82) is 0 Å². The quantitative estimate of drug-likeness (QED) is 0.827. The number of amides is 1. The SMILES string of the molecule is CN(C)c1ccc(NC(=O)c2cc(Cl)c3c(c2)OCCO3)c(C(F)(F)F)c1. The topological polar surface area (TPSA) is 50.8 Å². The van der Waals surface area contributed by atoms with Gasteiger partial charge in [0.1, 0.15) is 13.2 Å². The largest absolute Gasteiger partial charge is 0.486 e. The molecule has 1 N–H and O–H groups in total. The lowest BCUT2D eigenvalue weighted by molar-refractivity contribution is -0.136. The van der Waals surface area contributed by atoms with Gasteiger partial charge >= 0.3 is 6.18 Å². The Hall–Kier alpha value is -2.61. The molecule has 0 unspecified atom stereocenters. The average molecular weight is 401 g/mol. The highest BCUT2D eigenvalue weighted by Gasteiger charge is 2.34. The summed E-state index contributed by atoms with van der Waals surface area (Å²) >= 11 is 6.08. The summed E-state index contributed by atoms with van der Waals surface area (Å²) in [6.07, 6.45) is -4.63. The van der Waals surface area contributed by atoms with Gasteiger partial charge in [-0.3, -0.25) is 4.79 Å². The molecule has 1 aliphatic rings. The Kier molecular flexibility index (Phi) is 5.10. The molecule has 0 fully saturated rings. The van der Waals surface area contributed by atoms with E-state index in [1.54, 1.807) is 19.0 Å². The van der Waals surface area contributed by atoms with Crippen molar-refractivity contribution in [2.24, 2.45) is 0 Å². The maximum atomic E-state index is 13.4. The molecule has 0 atom stereocenters. The zero-order valence-electron chi connectivity index (χ0n) is 14.5. The van der Waals surface area contributed by atoms with Crippen LogP contribution in [0.15, 0.2) is 30.3 Å². The lowest BCUT2D eigenvalue weighted by atomic mass is 10.1. The number of benzene rings is 2. The minimum atomic E-state index is -4.63. The second-order valence-electron chi connectivity index (χ2n) is 6.06. The molecule has 3 rings (SSSR count). The molecule has 0 aliphatic carbocycles. The van der Waals surface area contributed by atoms with E-state index in [2.05, 4.69) is 5.32 Å². The van der Waals surface area contributed by atoms with E-state index in [4.69, 9.17) is 21.1 Å². The van der Waals surface area contributed by atoms with E-state index in [9.17, 15) is 18.0 Å². The summed E-state index contributed by atoms with van der Waals surface area (Å²) in [5.74, 6) is -0.152. The number of rotatable bonds is 3. The van der Waals surface area contributed by atoms with Crippen molar-refractivity contribution in [2.45, 2.75) is 6.18 Å². The van der Waals surface area contributed by atoms with Gasteiger partial charge in [-0.25, -0.2) is 0 Å². The van der Waals surface area contributed by atoms with Crippen LogP contribution < -0.4 is 19.7 Å². The molecule has 0 bridgehead atoms. The number of anilines is 2. The molecule has 2 aromatic rings. The molecule has 1 heterocycles. The summed E-state index contributed by atoms with van der Waals surface area (Å²) in [5, 5.41) is 2.45. The van der Waals surface area contributed by atoms with Crippen LogP contribution in [0.4, 0.5) is 24.5 Å². The van der Waals surface area contributed by atoms with Crippen molar-refractivity contribution in [2.75, 3.05) is 37.5 Å². The van der Waals surface area contributed by atoms with Crippen LogP contribution in [-0.4, -0.2) is 33.2 Å². The molecule has 144 valence electrons. The van der Waals surface area contributed by atoms with Gasteiger partial charge in [0.25, 0.3) is 5.91 Å². The number of halogens is 4. The van der Waals surface area contributed by atoms with Gasteiger partial charge in [0.05, 0.1) is 16.3 Å². The number of nitrogens with one attached hydrogen (secondary N) is 1. The first-order valence-corrected chi connectivity index (χ1v) is 8.33. The molecule has 0 saturated heterocycles. The normalized spacial score (nSPS) is 13.3. The molecular weight excluding hydrogens is 385 g/mol. The molecule has 27 heavy (non-hydrogen) atoms. The zero-order valence-corrected chi connectivity index (χ0v) is 15.2. The molecule has 0 spiro atoms. The predicted octanol–water partition coefficient (Wildman–Crippen LogP) is 4.45. The molecule has 0 saturated carbocycles. The Morgan fingerprint density at radius 1 is 1.15 bits per heavy atom. The van der Waals surface area contributed by atoms with E-state index >= 15 is 0 Å². The third-order valence-electron chi connectivity index (χ3n) is 3.93. The number of carbonyl (C=O) groups excluding carboxylic acids is 1. The van der Waals surface area contributed by atoms with Crippen molar-refractivity contribution >= 4 is 28.9 Å². The fraction of sp³-hybridized carbons (Fsp3) is 0.278. The highest BCUT2D eigenvalue weighted by molar-refractivity contribution is 6.32. The summed E-state index contributed by atoms with van der Waals surface area (Å²) in [7, 11) is 3.26. The minimum absolute atomic E-state index is 0.0639. The van der Waals surface area contributed by atoms with E-state index in [1.807, 2.05) is 0 Å². The Bertz CT molecular complexity index is 885. The predicted molar refractivity (Wildman–Crippen MR) is 96.2 cm³/mol. The van der Waals surface area contributed by atoms with E-state index in [0.717, 1.165) is 6.07 Å². The van der Waals surface area contributed by atoms with Crippen LogP contribution in [0.5, 0.6) is 11.5 Å². The van der Waals surface area contributed by atoms with Crippen LogP contribution in [0, 0.1) is 0 Å². The number of hydrogen-bond acceptors (Lipinski definition) is 4. The fourth-order valence-electron chi connectivity index (χ4n) is 2.59. The summed E-state index contributed by atoms with van der Waals surface area (Å²) in [6.45, 7) is 0.615. The molecule has 0 radical (unpaired) electrons. The summed E-state index contributed by atoms with van der Waals surface area (Å²) in [5.41, 5.74) is -0.855. The monoisotopic (exact) mass is 400 g/mol. The van der Waals surface area contributed by atoms with Crippen LogP contribution in [0.25, 0.3) is 0 Å². The highest BCUT2D eigenvalue weighted by atomic mass is 35.5. The Morgan fingerprint density at radius 3 is 2.52 bits per heavy atom. The zero-order chi connectivity index (χ0) is 19.8. The number of ether oxygens (including phenoxy) is 2. The van der Waals surface area contributed by atoms with Crippen molar-refractivity contribution < 1.29 is 27.4 Å². The third-order valence-corrected chi connectivity index (χ3v) is 4.21. The standard InChI is InChI=1S/C18H16ClF3N2O3/c1-24(2)11-3-4-14(12(9-11)18(20,21)22)23-17(25)10-7-13(19)16-15(8-10)26-5-6-27-16/h3-4,7-9H,5-6H2,1-2H3,(H,23,25). The smallest absolute Gasteiger partial charge is 0.418 e. The number of nitrogens with zero attached hydrogens (tertiary/aromatic N) is 1. The first-order chi connectivity index (χ1) is 12.7.